The van der Waals surface area contributed by atoms with Crippen LogP contribution in [0.15, 0.2) is 94.9 Å². The molecule has 188 valence electrons. The maximum Gasteiger partial charge on any atom is 0.271 e. The molecule has 4 aromatic rings. The van der Waals surface area contributed by atoms with Crippen LogP contribution in [0.3, 0.4) is 0 Å². The fraction of sp³-hybridized carbons (Fsp3) is 0.172. The fourth-order valence-electron chi connectivity index (χ4n) is 4.65. The molecule has 0 atom stereocenters. The minimum atomic E-state index is -3.64. The summed E-state index contributed by atoms with van der Waals surface area (Å²) in [6.45, 7) is 6.30. The van der Waals surface area contributed by atoms with Crippen LogP contribution in [-0.2, 0) is 16.6 Å². The number of rotatable bonds is 8. The molecule has 0 aromatic heterocycles. The summed E-state index contributed by atoms with van der Waals surface area (Å²) in [6.07, 6.45) is 1.61. The number of carbonyl (C=O) groups excluding carboxylic acids is 1. The third-order valence-electron chi connectivity index (χ3n) is 6.62. The predicted molar refractivity (Wildman–Crippen MR) is 149 cm³/mol. The molecule has 4 aromatic carbocycles. The molecule has 1 amide bonds. The molecular weight excluding hydrogens is 484 g/mol. The van der Waals surface area contributed by atoms with Crippen LogP contribution in [0.4, 0.5) is 11.4 Å². The zero-order valence-electron chi connectivity index (χ0n) is 20.8. The minimum Gasteiger partial charge on any atom is -0.372 e. The Morgan fingerprint density at radius 2 is 1.59 bits per heavy atom. The minimum absolute atomic E-state index is 0.180. The molecule has 1 aliphatic heterocycles. The topological polar surface area (TPSA) is 82.1 Å². The van der Waals surface area contributed by atoms with Gasteiger partial charge in [-0.1, -0.05) is 48.5 Å². The fourth-order valence-corrected chi connectivity index (χ4v) is 6.34. The number of amides is 1. The summed E-state index contributed by atoms with van der Waals surface area (Å²) < 4.78 is 27.8. The number of hydrazone groups is 1. The summed E-state index contributed by atoms with van der Waals surface area (Å²) in [4.78, 5) is 15.1. The molecule has 37 heavy (non-hydrogen) atoms. The molecule has 0 aliphatic carbocycles. The summed E-state index contributed by atoms with van der Waals surface area (Å²) in [5.41, 5.74) is 6.47. The number of nitrogens with zero attached hydrogens (tertiary/aromatic N) is 3. The molecule has 0 radical (unpaired) electrons. The highest BCUT2D eigenvalue weighted by Crippen LogP contribution is 2.42. The highest BCUT2D eigenvalue weighted by Gasteiger charge is 2.35. The van der Waals surface area contributed by atoms with E-state index in [1.807, 2.05) is 48.5 Å². The van der Waals surface area contributed by atoms with Gasteiger partial charge in [-0.3, -0.25) is 9.10 Å². The number of anilines is 2. The van der Waals surface area contributed by atoms with Gasteiger partial charge in [-0.15, -0.1) is 0 Å². The molecule has 7 nitrogen and oxygen atoms in total. The van der Waals surface area contributed by atoms with Gasteiger partial charge >= 0.3 is 0 Å². The van der Waals surface area contributed by atoms with Crippen molar-refractivity contribution in [1.29, 1.82) is 0 Å². The summed E-state index contributed by atoms with van der Waals surface area (Å²) in [5, 5.41) is 5.72. The van der Waals surface area contributed by atoms with Crippen molar-refractivity contribution in [2.75, 3.05) is 22.3 Å². The lowest BCUT2D eigenvalue weighted by molar-refractivity contribution is 0.0955. The van der Waals surface area contributed by atoms with Gasteiger partial charge < -0.3 is 4.90 Å². The van der Waals surface area contributed by atoms with Gasteiger partial charge in [-0.05, 0) is 66.8 Å². The first-order chi connectivity index (χ1) is 17.9. The lowest BCUT2D eigenvalue weighted by atomic mass is 10.1. The monoisotopic (exact) mass is 512 g/mol. The number of hydrogen-bond donors (Lipinski definition) is 1. The number of hydrogen-bond acceptors (Lipinski definition) is 5. The number of carbonyl (C=O) groups is 1. The van der Waals surface area contributed by atoms with E-state index < -0.39 is 10.0 Å². The van der Waals surface area contributed by atoms with Crippen molar-refractivity contribution in [2.45, 2.75) is 25.3 Å². The number of nitrogens with one attached hydrogen (secondary N) is 1. The van der Waals surface area contributed by atoms with Gasteiger partial charge in [0.2, 0.25) is 0 Å². The van der Waals surface area contributed by atoms with Crippen LogP contribution in [0.25, 0.3) is 10.8 Å². The molecule has 5 rings (SSSR count). The van der Waals surface area contributed by atoms with Crippen molar-refractivity contribution in [3.8, 4) is 0 Å². The van der Waals surface area contributed by atoms with Gasteiger partial charge in [-0.25, -0.2) is 13.8 Å². The highest BCUT2D eigenvalue weighted by molar-refractivity contribution is 7.93. The van der Waals surface area contributed by atoms with Gasteiger partial charge in [0, 0.05) is 29.7 Å². The summed E-state index contributed by atoms with van der Waals surface area (Å²) in [5.74, 6) is -0.339. The van der Waals surface area contributed by atoms with Crippen LogP contribution in [0, 0.1) is 0 Å². The van der Waals surface area contributed by atoms with E-state index in [1.165, 1.54) is 4.31 Å². The molecule has 0 saturated heterocycles. The van der Waals surface area contributed by atoms with Crippen molar-refractivity contribution in [2.24, 2.45) is 5.10 Å². The van der Waals surface area contributed by atoms with Crippen molar-refractivity contribution >= 4 is 44.3 Å². The van der Waals surface area contributed by atoms with Crippen molar-refractivity contribution in [3.63, 3.8) is 0 Å². The van der Waals surface area contributed by atoms with E-state index in [4.69, 9.17) is 0 Å². The largest absolute Gasteiger partial charge is 0.372 e. The lowest BCUT2D eigenvalue weighted by Gasteiger charge is -2.20. The predicted octanol–water partition coefficient (Wildman–Crippen LogP) is 5.16. The molecule has 0 fully saturated rings. The first kappa shape index (κ1) is 24.5. The molecule has 8 heteroatoms. The van der Waals surface area contributed by atoms with Gasteiger partial charge in [0.15, 0.2) is 0 Å². The summed E-state index contributed by atoms with van der Waals surface area (Å²) in [7, 11) is -3.64. The second-order valence-corrected chi connectivity index (χ2v) is 10.6. The molecule has 0 unspecified atom stereocenters. The first-order valence-electron chi connectivity index (χ1n) is 12.2. The van der Waals surface area contributed by atoms with Gasteiger partial charge in [-0.2, -0.15) is 5.10 Å². The smallest absolute Gasteiger partial charge is 0.271 e. The zero-order valence-corrected chi connectivity index (χ0v) is 21.6. The molecule has 0 spiro atoms. The molecule has 0 saturated carbocycles. The maximum absolute atomic E-state index is 13.2. The Hall–Kier alpha value is -4.17. The SMILES string of the molecule is CCN(CC)c1ccc(C=NNC(=O)c2ccc(CN3c4cccc5cccc(c45)S3(=O)=O)cc2)cc1. The van der Waals surface area contributed by atoms with E-state index in [0.29, 0.717) is 16.1 Å². The Labute approximate surface area is 217 Å². The van der Waals surface area contributed by atoms with Gasteiger partial charge in [0.25, 0.3) is 15.9 Å². The molecule has 1 heterocycles. The van der Waals surface area contributed by atoms with Crippen LogP contribution < -0.4 is 14.6 Å². The average molecular weight is 513 g/mol. The summed E-state index contributed by atoms with van der Waals surface area (Å²) >= 11 is 0. The second kappa shape index (κ2) is 10.1. The van der Waals surface area contributed by atoms with E-state index in [1.54, 1.807) is 42.6 Å². The van der Waals surface area contributed by atoms with Crippen LogP contribution >= 0.6 is 0 Å². The Bertz CT molecular complexity index is 1570. The Morgan fingerprint density at radius 3 is 2.27 bits per heavy atom. The molecule has 1 aliphatic rings. The van der Waals surface area contributed by atoms with Crippen molar-refractivity contribution in [1.82, 2.24) is 5.43 Å². The van der Waals surface area contributed by atoms with Crippen LogP contribution in [0.1, 0.15) is 35.3 Å². The molecular formula is C29H28N4O3S. The normalized spacial score (nSPS) is 13.8. The first-order valence-corrected chi connectivity index (χ1v) is 13.7. The van der Waals surface area contributed by atoms with Gasteiger partial charge in [0.05, 0.1) is 23.3 Å². The van der Waals surface area contributed by atoms with E-state index >= 15 is 0 Å². The standard InChI is InChI=1S/C29H28N4O3S/c1-3-32(4-2)25-17-13-21(14-18-25)19-30-31-29(34)24-15-11-22(12-16-24)20-33-26-9-5-7-23-8-6-10-27(28(23)26)37(33,35)36/h5-19H,3-4,20H2,1-2H3,(H,31,34). The third kappa shape index (κ3) is 4.68. The Balaban J connectivity index is 1.24. The third-order valence-corrected chi connectivity index (χ3v) is 8.43. The van der Waals surface area contributed by atoms with E-state index in [2.05, 4.69) is 29.3 Å². The van der Waals surface area contributed by atoms with E-state index in [0.717, 1.165) is 40.7 Å². The lowest BCUT2D eigenvalue weighted by Crippen LogP contribution is -2.26. The quantitative estimate of drug-likeness (QED) is 0.261. The van der Waals surface area contributed by atoms with Crippen molar-refractivity contribution < 1.29 is 13.2 Å². The number of benzene rings is 4. The van der Waals surface area contributed by atoms with E-state index in [9.17, 15) is 13.2 Å². The Kier molecular flexibility index (Phi) is 6.67. The maximum atomic E-state index is 13.2. The van der Waals surface area contributed by atoms with Crippen LogP contribution in [-0.4, -0.2) is 33.6 Å². The average Bonchev–Trinajstić information content (AvgIpc) is 3.14. The molecule has 1 N–H and O–H groups in total. The van der Waals surface area contributed by atoms with Crippen LogP contribution in [0.2, 0.25) is 0 Å². The highest BCUT2D eigenvalue weighted by atomic mass is 32.2. The van der Waals surface area contributed by atoms with Crippen molar-refractivity contribution in [3.05, 3.63) is 102 Å². The molecule has 0 bridgehead atoms. The van der Waals surface area contributed by atoms with E-state index in [-0.39, 0.29) is 12.5 Å². The second-order valence-electron chi connectivity index (χ2n) is 8.80. The van der Waals surface area contributed by atoms with Crippen LogP contribution in [0.5, 0.6) is 0 Å². The number of sulfonamides is 1. The summed E-state index contributed by atoms with van der Waals surface area (Å²) in [6, 6.07) is 25.8. The van der Waals surface area contributed by atoms with Gasteiger partial charge in [0.1, 0.15) is 0 Å². The Morgan fingerprint density at radius 1 is 0.919 bits per heavy atom. The zero-order chi connectivity index (χ0) is 26.0.